The van der Waals surface area contributed by atoms with Gasteiger partial charge in [-0.05, 0) is 32.2 Å². The van der Waals surface area contributed by atoms with Gasteiger partial charge in [0.15, 0.2) is 0 Å². The molecule has 0 amide bonds. The highest BCUT2D eigenvalue weighted by Crippen LogP contribution is 2.41. The molecule has 0 radical (unpaired) electrons. The third-order valence-corrected chi connectivity index (χ3v) is 4.18. The molecule has 0 aromatic carbocycles. The van der Waals surface area contributed by atoms with Crippen LogP contribution in [0.4, 0.5) is 13.2 Å². The van der Waals surface area contributed by atoms with E-state index in [1.54, 1.807) is 0 Å². The van der Waals surface area contributed by atoms with E-state index >= 15 is 0 Å². The summed E-state index contributed by atoms with van der Waals surface area (Å²) in [6.45, 7) is 6.99. The van der Waals surface area contributed by atoms with Gasteiger partial charge in [-0.2, -0.15) is 13.2 Å². The monoisotopic (exact) mass is 236 g/mol. The van der Waals surface area contributed by atoms with Gasteiger partial charge < -0.3 is 5.32 Å². The van der Waals surface area contributed by atoms with Crippen molar-refractivity contribution in [1.29, 1.82) is 0 Å². The summed E-state index contributed by atoms with van der Waals surface area (Å²) in [6.07, 6.45) is -4.73. The Morgan fingerprint density at radius 1 is 1.31 bits per heavy atom. The normalized spacial score (nSPS) is 34.3. The van der Waals surface area contributed by atoms with Gasteiger partial charge in [-0.25, -0.2) is 0 Å². The van der Waals surface area contributed by atoms with E-state index in [2.05, 4.69) is 19.2 Å². The lowest BCUT2D eigenvalue weighted by molar-refractivity contribution is -0.139. The third kappa shape index (κ3) is 2.20. The van der Waals surface area contributed by atoms with E-state index in [-0.39, 0.29) is 12.1 Å². The van der Waals surface area contributed by atoms with Crippen molar-refractivity contribution in [2.24, 2.45) is 11.8 Å². The van der Waals surface area contributed by atoms with Crippen molar-refractivity contribution in [2.75, 3.05) is 26.2 Å². The molecule has 2 aliphatic rings. The van der Waals surface area contributed by atoms with Gasteiger partial charge in [0.2, 0.25) is 0 Å². The van der Waals surface area contributed by atoms with E-state index in [9.17, 15) is 13.2 Å². The second kappa shape index (κ2) is 3.88. The lowest BCUT2D eigenvalue weighted by Gasteiger charge is -2.35. The van der Waals surface area contributed by atoms with Crippen LogP contribution in [-0.4, -0.2) is 42.8 Å². The van der Waals surface area contributed by atoms with Crippen LogP contribution >= 0.6 is 0 Å². The van der Waals surface area contributed by atoms with Crippen LogP contribution in [0.25, 0.3) is 0 Å². The van der Waals surface area contributed by atoms with Crippen LogP contribution in [0.15, 0.2) is 0 Å². The average molecular weight is 236 g/mol. The summed E-state index contributed by atoms with van der Waals surface area (Å²) in [6, 6.07) is 0. The van der Waals surface area contributed by atoms with E-state index in [4.69, 9.17) is 0 Å². The lowest BCUT2D eigenvalue weighted by atomic mass is 9.85. The highest BCUT2D eigenvalue weighted by atomic mass is 19.4. The number of alkyl halides is 3. The Balaban J connectivity index is 1.96. The fourth-order valence-corrected chi connectivity index (χ4v) is 3.15. The molecule has 94 valence electrons. The minimum atomic E-state index is -4.04. The number of halogens is 3. The van der Waals surface area contributed by atoms with Crippen molar-refractivity contribution >= 4 is 0 Å². The minimum absolute atomic E-state index is 0.0978. The molecule has 2 atom stereocenters. The fraction of sp³-hybridized carbons (Fsp3) is 1.00. The van der Waals surface area contributed by atoms with Gasteiger partial charge in [-0.1, -0.05) is 0 Å². The Morgan fingerprint density at radius 3 is 2.56 bits per heavy atom. The standard InChI is InChI=1S/C11H19F3N2/c1-10(2)9-6-15-5-8(9)7-16(10)4-3-11(12,13)14/h8-9,15H,3-7H2,1-2H3. The first-order chi connectivity index (χ1) is 7.31. The van der Waals surface area contributed by atoms with Crippen LogP contribution in [0.3, 0.4) is 0 Å². The number of nitrogens with one attached hydrogen (secondary N) is 1. The first-order valence-corrected chi connectivity index (χ1v) is 5.83. The van der Waals surface area contributed by atoms with E-state index in [0.29, 0.717) is 11.8 Å². The SMILES string of the molecule is CC1(C)C2CNCC2CN1CCC(F)(F)F. The highest BCUT2D eigenvalue weighted by molar-refractivity contribution is 5.04. The highest BCUT2D eigenvalue weighted by Gasteiger charge is 2.49. The second-order valence-electron chi connectivity index (χ2n) is 5.49. The van der Waals surface area contributed by atoms with Crippen molar-refractivity contribution in [2.45, 2.75) is 32.0 Å². The van der Waals surface area contributed by atoms with Gasteiger partial charge >= 0.3 is 6.18 Å². The number of likely N-dealkylation sites (tertiary alicyclic amines) is 1. The van der Waals surface area contributed by atoms with E-state index in [1.165, 1.54) is 0 Å². The van der Waals surface area contributed by atoms with E-state index in [0.717, 1.165) is 19.6 Å². The number of rotatable bonds is 2. The van der Waals surface area contributed by atoms with Crippen molar-refractivity contribution in [3.63, 3.8) is 0 Å². The summed E-state index contributed by atoms with van der Waals surface area (Å²) in [7, 11) is 0. The summed E-state index contributed by atoms with van der Waals surface area (Å²) in [5.41, 5.74) is -0.0978. The molecule has 0 bridgehead atoms. The molecule has 5 heteroatoms. The maximum atomic E-state index is 12.2. The smallest absolute Gasteiger partial charge is 0.316 e. The molecule has 2 aliphatic heterocycles. The van der Waals surface area contributed by atoms with Crippen molar-refractivity contribution < 1.29 is 13.2 Å². The Labute approximate surface area is 94.2 Å². The van der Waals surface area contributed by atoms with Gasteiger partial charge in [-0.3, -0.25) is 4.90 Å². The molecule has 16 heavy (non-hydrogen) atoms. The molecule has 0 saturated carbocycles. The molecule has 2 heterocycles. The maximum Gasteiger partial charge on any atom is 0.390 e. The van der Waals surface area contributed by atoms with Gasteiger partial charge in [0, 0.05) is 25.2 Å². The first kappa shape index (κ1) is 12.2. The van der Waals surface area contributed by atoms with Gasteiger partial charge in [0.05, 0.1) is 6.42 Å². The maximum absolute atomic E-state index is 12.2. The largest absolute Gasteiger partial charge is 0.390 e. The van der Waals surface area contributed by atoms with Crippen molar-refractivity contribution in [3.8, 4) is 0 Å². The number of nitrogens with zero attached hydrogens (tertiary/aromatic N) is 1. The van der Waals surface area contributed by atoms with Gasteiger partial charge in [0.1, 0.15) is 0 Å². The zero-order valence-electron chi connectivity index (χ0n) is 9.77. The number of fused-ring (bicyclic) bond motifs is 1. The quantitative estimate of drug-likeness (QED) is 0.787. The molecule has 0 spiro atoms. The first-order valence-electron chi connectivity index (χ1n) is 5.83. The molecule has 0 aliphatic carbocycles. The van der Waals surface area contributed by atoms with Crippen molar-refractivity contribution in [1.82, 2.24) is 10.2 Å². The lowest BCUT2D eigenvalue weighted by Crippen LogP contribution is -2.45. The minimum Gasteiger partial charge on any atom is -0.316 e. The zero-order chi connectivity index (χ0) is 12.0. The van der Waals surface area contributed by atoms with Crippen LogP contribution in [0.2, 0.25) is 0 Å². The van der Waals surface area contributed by atoms with Crippen LogP contribution in [0, 0.1) is 11.8 Å². The Hall–Kier alpha value is -0.290. The summed E-state index contributed by atoms with van der Waals surface area (Å²) >= 11 is 0. The van der Waals surface area contributed by atoms with Gasteiger partial charge in [0.25, 0.3) is 0 Å². The predicted molar refractivity (Wildman–Crippen MR) is 56.2 cm³/mol. The van der Waals surface area contributed by atoms with E-state index < -0.39 is 12.6 Å². The second-order valence-corrected chi connectivity index (χ2v) is 5.49. The number of hydrogen-bond acceptors (Lipinski definition) is 2. The van der Waals surface area contributed by atoms with Crippen LogP contribution in [-0.2, 0) is 0 Å². The summed E-state index contributed by atoms with van der Waals surface area (Å²) in [5.74, 6) is 1.03. The summed E-state index contributed by atoms with van der Waals surface area (Å²) in [5, 5.41) is 3.32. The zero-order valence-corrected chi connectivity index (χ0v) is 9.77. The molecular weight excluding hydrogens is 217 g/mol. The van der Waals surface area contributed by atoms with Gasteiger partial charge in [-0.15, -0.1) is 0 Å². The van der Waals surface area contributed by atoms with Crippen LogP contribution < -0.4 is 5.32 Å². The molecule has 2 unspecified atom stereocenters. The molecular formula is C11H19F3N2. The summed E-state index contributed by atoms with van der Waals surface area (Å²) in [4.78, 5) is 2.01. The topological polar surface area (TPSA) is 15.3 Å². The fourth-order valence-electron chi connectivity index (χ4n) is 3.15. The molecule has 2 saturated heterocycles. The Kier molecular flexibility index (Phi) is 2.95. The Morgan fingerprint density at radius 2 is 2.00 bits per heavy atom. The van der Waals surface area contributed by atoms with Crippen LogP contribution in [0.5, 0.6) is 0 Å². The van der Waals surface area contributed by atoms with Crippen LogP contribution in [0.1, 0.15) is 20.3 Å². The number of hydrogen-bond donors (Lipinski definition) is 1. The molecule has 0 aromatic rings. The molecule has 2 fully saturated rings. The summed E-state index contributed by atoms with van der Waals surface area (Å²) < 4.78 is 36.6. The van der Waals surface area contributed by atoms with Crippen molar-refractivity contribution in [3.05, 3.63) is 0 Å². The molecule has 2 nitrogen and oxygen atoms in total. The third-order valence-electron chi connectivity index (χ3n) is 4.18. The molecule has 1 N–H and O–H groups in total. The molecule has 2 rings (SSSR count). The van der Waals surface area contributed by atoms with E-state index in [1.807, 2.05) is 4.90 Å². The average Bonchev–Trinajstić information content (AvgIpc) is 2.65. The molecule has 0 aromatic heterocycles. The Bertz CT molecular complexity index is 262. The predicted octanol–water partition coefficient (Wildman–Crippen LogP) is 1.87.